The summed E-state index contributed by atoms with van der Waals surface area (Å²) >= 11 is 0. The standard InChI is InChI=1S/C23H31NO2.C2H2O4/c1-24(2)16-8-15-23(25)21-13-5-4-9-18(21)10-7-14-22(23)19-11-6-12-20(17-19)26-3;3-1(4)2(5)6/h4-6,9,11-13,17,22,25H,7-8,10,14-16H2,1-3H3;(H,3,4)(H,5,6)/t22-,23-;/m0./s1. The van der Waals surface area contributed by atoms with Gasteiger partial charge in [-0.15, -0.1) is 0 Å². The van der Waals surface area contributed by atoms with Gasteiger partial charge in [-0.25, -0.2) is 9.59 Å². The van der Waals surface area contributed by atoms with Crippen LogP contribution in [0.2, 0.25) is 0 Å². The number of rotatable bonds is 6. The van der Waals surface area contributed by atoms with E-state index in [0.717, 1.165) is 50.0 Å². The van der Waals surface area contributed by atoms with Crippen LogP contribution in [0.25, 0.3) is 0 Å². The molecule has 0 fully saturated rings. The summed E-state index contributed by atoms with van der Waals surface area (Å²) in [5.41, 5.74) is 2.75. The van der Waals surface area contributed by atoms with E-state index in [1.165, 1.54) is 11.1 Å². The minimum absolute atomic E-state index is 0.0865. The fraction of sp³-hybridized carbons (Fsp3) is 0.440. The Hall–Kier alpha value is -2.90. The number of aliphatic hydroxyl groups is 1. The molecule has 2 aromatic carbocycles. The Morgan fingerprint density at radius 3 is 2.41 bits per heavy atom. The molecule has 0 saturated carbocycles. The summed E-state index contributed by atoms with van der Waals surface area (Å²) < 4.78 is 5.44. The summed E-state index contributed by atoms with van der Waals surface area (Å²) in [6, 6.07) is 16.7. The second kappa shape index (κ2) is 11.6. The van der Waals surface area contributed by atoms with E-state index in [1.54, 1.807) is 7.11 Å². The normalized spacial score (nSPS) is 19.8. The maximum atomic E-state index is 12.0. The molecule has 7 heteroatoms. The molecular formula is C25H33NO6. The minimum atomic E-state index is -1.82. The van der Waals surface area contributed by atoms with Gasteiger partial charge in [0.1, 0.15) is 5.75 Å². The molecule has 3 N–H and O–H groups in total. The molecule has 0 radical (unpaired) electrons. The molecule has 0 saturated heterocycles. The number of fused-ring (bicyclic) bond motifs is 1. The molecule has 2 aromatic rings. The number of aryl methyl sites for hydroxylation is 1. The van der Waals surface area contributed by atoms with E-state index < -0.39 is 17.5 Å². The lowest BCUT2D eigenvalue weighted by Gasteiger charge is -2.37. The van der Waals surface area contributed by atoms with E-state index in [9.17, 15) is 5.11 Å². The quantitative estimate of drug-likeness (QED) is 0.463. The topological polar surface area (TPSA) is 107 Å². The van der Waals surface area contributed by atoms with Crippen molar-refractivity contribution in [3.8, 4) is 5.75 Å². The van der Waals surface area contributed by atoms with Gasteiger partial charge in [0.2, 0.25) is 0 Å². The predicted octanol–water partition coefficient (Wildman–Crippen LogP) is 3.50. The van der Waals surface area contributed by atoms with Crippen molar-refractivity contribution in [1.82, 2.24) is 4.90 Å². The van der Waals surface area contributed by atoms with E-state index >= 15 is 0 Å². The Kier molecular flexibility index (Phi) is 9.23. The first kappa shape index (κ1) is 25.4. The molecule has 0 spiro atoms. The van der Waals surface area contributed by atoms with Gasteiger partial charge in [0.25, 0.3) is 0 Å². The maximum absolute atomic E-state index is 12.0. The van der Waals surface area contributed by atoms with Crippen molar-refractivity contribution in [1.29, 1.82) is 0 Å². The average Bonchev–Trinajstić information content (AvgIpc) is 2.91. The van der Waals surface area contributed by atoms with Crippen LogP contribution in [-0.2, 0) is 21.6 Å². The average molecular weight is 444 g/mol. The summed E-state index contributed by atoms with van der Waals surface area (Å²) in [5.74, 6) is -2.70. The SMILES string of the molecule is COc1cccc([C@@H]2CCCc3ccccc3[C@@]2(O)CCCN(C)C)c1.O=C(O)C(=O)O. The first-order chi connectivity index (χ1) is 15.2. The van der Waals surface area contributed by atoms with Gasteiger partial charge in [0.05, 0.1) is 12.7 Å². The van der Waals surface area contributed by atoms with E-state index in [4.69, 9.17) is 24.5 Å². The van der Waals surface area contributed by atoms with Gasteiger partial charge >= 0.3 is 11.9 Å². The number of aliphatic carboxylic acids is 2. The van der Waals surface area contributed by atoms with Gasteiger partial charge in [0.15, 0.2) is 0 Å². The van der Waals surface area contributed by atoms with Crippen molar-refractivity contribution in [3.63, 3.8) is 0 Å². The highest BCUT2D eigenvalue weighted by molar-refractivity contribution is 6.27. The lowest BCUT2D eigenvalue weighted by molar-refractivity contribution is -0.159. The highest BCUT2D eigenvalue weighted by Crippen LogP contribution is 2.47. The molecule has 7 nitrogen and oxygen atoms in total. The maximum Gasteiger partial charge on any atom is 0.414 e. The van der Waals surface area contributed by atoms with Crippen LogP contribution in [-0.4, -0.2) is 59.9 Å². The molecular weight excluding hydrogens is 410 g/mol. The zero-order valence-corrected chi connectivity index (χ0v) is 19.0. The Balaban J connectivity index is 0.000000534. The molecule has 1 aliphatic rings. The molecule has 174 valence electrons. The van der Waals surface area contributed by atoms with Crippen LogP contribution in [0.4, 0.5) is 0 Å². The molecule has 3 rings (SSSR count). The van der Waals surface area contributed by atoms with E-state index in [-0.39, 0.29) is 5.92 Å². The van der Waals surface area contributed by atoms with E-state index in [0.29, 0.717) is 0 Å². The fourth-order valence-electron chi connectivity index (χ4n) is 4.36. The number of carboxylic acids is 2. The first-order valence-corrected chi connectivity index (χ1v) is 10.7. The summed E-state index contributed by atoms with van der Waals surface area (Å²) in [6.45, 7) is 0.981. The van der Waals surface area contributed by atoms with Gasteiger partial charge < -0.3 is 25.0 Å². The summed E-state index contributed by atoms with van der Waals surface area (Å²) in [6.07, 6.45) is 4.85. The number of nitrogens with zero attached hydrogens (tertiary/aromatic N) is 1. The Labute approximate surface area is 189 Å². The first-order valence-electron chi connectivity index (χ1n) is 10.7. The lowest BCUT2D eigenvalue weighted by Crippen LogP contribution is -2.34. The number of methoxy groups -OCH3 is 1. The second-order valence-electron chi connectivity index (χ2n) is 8.32. The van der Waals surface area contributed by atoms with Crippen molar-refractivity contribution < 1.29 is 29.6 Å². The molecule has 2 atom stereocenters. The van der Waals surface area contributed by atoms with Gasteiger partial charge in [0, 0.05) is 5.92 Å². The molecule has 1 aliphatic carbocycles. The fourth-order valence-corrected chi connectivity index (χ4v) is 4.36. The van der Waals surface area contributed by atoms with E-state index in [1.807, 2.05) is 12.1 Å². The molecule has 0 heterocycles. The Morgan fingerprint density at radius 1 is 1.09 bits per heavy atom. The number of benzene rings is 2. The Morgan fingerprint density at radius 2 is 1.78 bits per heavy atom. The largest absolute Gasteiger partial charge is 0.497 e. The number of hydrogen-bond acceptors (Lipinski definition) is 5. The lowest BCUT2D eigenvalue weighted by atomic mass is 9.73. The third kappa shape index (κ3) is 6.55. The van der Waals surface area contributed by atoms with Crippen molar-refractivity contribution >= 4 is 11.9 Å². The van der Waals surface area contributed by atoms with Crippen LogP contribution in [0.5, 0.6) is 5.75 Å². The van der Waals surface area contributed by atoms with Crippen molar-refractivity contribution in [2.24, 2.45) is 0 Å². The van der Waals surface area contributed by atoms with Crippen LogP contribution in [0, 0.1) is 0 Å². The minimum Gasteiger partial charge on any atom is -0.497 e. The van der Waals surface area contributed by atoms with Crippen LogP contribution < -0.4 is 4.74 Å². The number of carboxylic acid groups (broad SMARTS) is 2. The zero-order valence-electron chi connectivity index (χ0n) is 19.0. The van der Waals surface area contributed by atoms with Gasteiger partial charge in [-0.2, -0.15) is 0 Å². The third-order valence-electron chi connectivity index (χ3n) is 5.84. The number of ether oxygens (including phenoxy) is 1. The molecule has 32 heavy (non-hydrogen) atoms. The van der Waals surface area contributed by atoms with Crippen LogP contribution in [0.3, 0.4) is 0 Å². The zero-order chi connectivity index (χ0) is 23.7. The van der Waals surface area contributed by atoms with Gasteiger partial charge in [-0.3, -0.25) is 0 Å². The van der Waals surface area contributed by atoms with Gasteiger partial charge in [-0.1, -0.05) is 36.4 Å². The van der Waals surface area contributed by atoms with Crippen LogP contribution in [0.1, 0.15) is 48.3 Å². The van der Waals surface area contributed by atoms with Crippen LogP contribution >= 0.6 is 0 Å². The Bertz CT molecular complexity index is 901. The third-order valence-corrected chi connectivity index (χ3v) is 5.84. The van der Waals surface area contributed by atoms with Crippen LogP contribution in [0.15, 0.2) is 48.5 Å². The molecule has 0 aromatic heterocycles. The van der Waals surface area contributed by atoms with Crippen molar-refractivity contribution in [3.05, 3.63) is 65.2 Å². The number of carbonyl (C=O) groups is 2. The predicted molar refractivity (Wildman–Crippen MR) is 122 cm³/mol. The van der Waals surface area contributed by atoms with Crippen molar-refractivity contribution in [2.45, 2.75) is 43.6 Å². The van der Waals surface area contributed by atoms with Gasteiger partial charge in [-0.05, 0) is 81.6 Å². The molecule has 0 amide bonds. The summed E-state index contributed by atoms with van der Waals surface area (Å²) in [5, 5.41) is 26.8. The molecule has 0 bridgehead atoms. The summed E-state index contributed by atoms with van der Waals surface area (Å²) in [4.78, 5) is 20.4. The molecule has 0 unspecified atom stereocenters. The highest BCUT2D eigenvalue weighted by Gasteiger charge is 2.41. The monoisotopic (exact) mass is 443 g/mol. The number of hydrogen-bond donors (Lipinski definition) is 3. The van der Waals surface area contributed by atoms with E-state index in [2.05, 4.69) is 55.4 Å². The summed E-state index contributed by atoms with van der Waals surface area (Å²) in [7, 11) is 5.88. The highest BCUT2D eigenvalue weighted by atomic mass is 16.5. The molecule has 0 aliphatic heterocycles. The van der Waals surface area contributed by atoms with Crippen molar-refractivity contribution in [2.75, 3.05) is 27.7 Å². The second-order valence-corrected chi connectivity index (χ2v) is 8.32. The smallest absolute Gasteiger partial charge is 0.414 e.